The number of imidazole rings is 1. The van der Waals surface area contributed by atoms with Crippen LogP contribution in [-0.4, -0.2) is 42.6 Å². The smallest absolute Gasteiger partial charge is 0.353 e. The van der Waals surface area contributed by atoms with E-state index < -0.39 is 11.9 Å². The Balaban J connectivity index is 1.60. The molecule has 1 aliphatic rings. The van der Waals surface area contributed by atoms with Crippen molar-refractivity contribution >= 4 is 11.5 Å². The molecule has 0 aliphatic carbocycles. The van der Waals surface area contributed by atoms with Gasteiger partial charge in [-0.25, -0.2) is 9.97 Å². The van der Waals surface area contributed by atoms with Crippen molar-refractivity contribution in [1.82, 2.24) is 29.5 Å². The molecule has 126 valence electrons. The highest BCUT2D eigenvalue weighted by Gasteiger charge is 2.34. The molecule has 3 aromatic rings. The van der Waals surface area contributed by atoms with Crippen molar-refractivity contribution < 1.29 is 13.2 Å². The second kappa shape index (κ2) is 5.46. The Morgan fingerprint density at radius 1 is 1.25 bits per heavy atom. The fourth-order valence-corrected chi connectivity index (χ4v) is 3.05. The fourth-order valence-electron chi connectivity index (χ4n) is 3.05. The molecule has 10 heteroatoms. The van der Waals surface area contributed by atoms with Crippen LogP contribution in [-0.2, 0) is 6.18 Å². The van der Waals surface area contributed by atoms with Gasteiger partial charge in [0.2, 0.25) is 5.65 Å². The Hall–Kier alpha value is -2.65. The van der Waals surface area contributed by atoms with Gasteiger partial charge in [-0.15, -0.1) is 10.2 Å². The van der Waals surface area contributed by atoms with Crippen LogP contribution in [0.1, 0.15) is 30.3 Å². The highest BCUT2D eigenvalue weighted by atomic mass is 19.4. The summed E-state index contributed by atoms with van der Waals surface area (Å²) in [6.07, 6.45) is 3.05. The normalized spacial score (nSPS) is 19.1. The number of piperidine rings is 1. The van der Waals surface area contributed by atoms with Crippen LogP contribution in [0.25, 0.3) is 5.65 Å². The molecular weight excluding hydrogens is 323 g/mol. The number of aromatic nitrogens is 6. The summed E-state index contributed by atoms with van der Waals surface area (Å²) in [5, 5.41) is 7.93. The molecule has 1 unspecified atom stereocenters. The standard InChI is InChI=1S/C14H14F3N7/c15-14(16,17)10-6-19-11(21-10)9-2-1-4-23(7-9)12-13-22-20-8-24(13)5-3-18-12/h3,5-6,8-9H,1-2,4,7H2,(H,19,21). The molecule has 0 radical (unpaired) electrons. The Kier molecular flexibility index (Phi) is 3.39. The molecule has 24 heavy (non-hydrogen) atoms. The van der Waals surface area contributed by atoms with E-state index >= 15 is 0 Å². The van der Waals surface area contributed by atoms with Crippen LogP contribution in [0.2, 0.25) is 0 Å². The fraction of sp³-hybridized carbons (Fsp3) is 0.429. The van der Waals surface area contributed by atoms with Crippen molar-refractivity contribution in [3.05, 3.63) is 36.4 Å². The number of hydrogen-bond acceptors (Lipinski definition) is 5. The number of halogens is 3. The van der Waals surface area contributed by atoms with Gasteiger partial charge in [-0.05, 0) is 12.8 Å². The predicted octanol–water partition coefficient (Wildman–Crippen LogP) is 2.25. The highest BCUT2D eigenvalue weighted by molar-refractivity contribution is 5.63. The molecule has 0 amide bonds. The van der Waals surface area contributed by atoms with Gasteiger partial charge < -0.3 is 9.88 Å². The summed E-state index contributed by atoms with van der Waals surface area (Å²) >= 11 is 0. The summed E-state index contributed by atoms with van der Waals surface area (Å²) in [4.78, 5) is 12.7. The Morgan fingerprint density at radius 3 is 2.92 bits per heavy atom. The van der Waals surface area contributed by atoms with E-state index in [1.165, 1.54) is 0 Å². The Labute approximate surface area is 134 Å². The first-order chi connectivity index (χ1) is 11.5. The molecule has 4 rings (SSSR count). The lowest BCUT2D eigenvalue weighted by Gasteiger charge is -2.32. The predicted molar refractivity (Wildman–Crippen MR) is 78.6 cm³/mol. The molecule has 1 aliphatic heterocycles. The zero-order valence-corrected chi connectivity index (χ0v) is 12.5. The maximum Gasteiger partial charge on any atom is 0.432 e. The molecule has 0 saturated carbocycles. The van der Waals surface area contributed by atoms with E-state index in [-0.39, 0.29) is 5.92 Å². The summed E-state index contributed by atoms with van der Waals surface area (Å²) in [6.45, 7) is 1.30. The molecule has 7 nitrogen and oxygen atoms in total. The summed E-state index contributed by atoms with van der Waals surface area (Å²) < 4.78 is 40.0. The molecule has 1 atom stereocenters. The molecule has 1 saturated heterocycles. The first kappa shape index (κ1) is 14.9. The monoisotopic (exact) mass is 337 g/mol. The molecule has 3 aromatic heterocycles. The number of nitrogens with one attached hydrogen (secondary N) is 1. The molecule has 4 heterocycles. The van der Waals surface area contributed by atoms with E-state index in [0.29, 0.717) is 23.8 Å². The minimum Gasteiger partial charge on any atom is -0.353 e. The molecule has 0 bridgehead atoms. The number of H-pyrrole nitrogens is 1. The van der Waals surface area contributed by atoms with Gasteiger partial charge in [0, 0.05) is 31.4 Å². The third kappa shape index (κ3) is 2.57. The van der Waals surface area contributed by atoms with E-state index in [1.807, 2.05) is 4.90 Å². The van der Waals surface area contributed by atoms with Crippen molar-refractivity contribution in [2.24, 2.45) is 0 Å². The molecular formula is C14H14F3N7. The van der Waals surface area contributed by atoms with E-state index in [1.54, 1.807) is 23.1 Å². The van der Waals surface area contributed by atoms with Crippen LogP contribution in [0.5, 0.6) is 0 Å². The number of nitrogens with zero attached hydrogens (tertiary/aromatic N) is 6. The molecule has 1 fully saturated rings. The number of fused-ring (bicyclic) bond motifs is 1. The van der Waals surface area contributed by atoms with Gasteiger partial charge in [-0.3, -0.25) is 4.40 Å². The quantitative estimate of drug-likeness (QED) is 0.776. The largest absolute Gasteiger partial charge is 0.432 e. The van der Waals surface area contributed by atoms with Gasteiger partial charge in [0.15, 0.2) is 5.82 Å². The van der Waals surface area contributed by atoms with Crippen LogP contribution >= 0.6 is 0 Å². The van der Waals surface area contributed by atoms with E-state index in [2.05, 4.69) is 25.1 Å². The van der Waals surface area contributed by atoms with Crippen LogP contribution in [0.4, 0.5) is 19.0 Å². The maximum absolute atomic E-state index is 12.7. The van der Waals surface area contributed by atoms with Crippen LogP contribution in [0.15, 0.2) is 24.9 Å². The van der Waals surface area contributed by atoms with Crippen LogP contribution in [0, 0.1) is 0 Å². The average molecular weight is 337 g/mol. The molecule has 1 N–H and O–H groups in total. The van der Waals surface area contributed by atoms with Gasteiger partial charge in [0.1, 0.15) is 17.8 Å². The van der Waals surface area contributed by atoms with Gasteiger partial charge in [-0.2, -0.15) is 13.2 Å². The number of rotatable bonds is 2. The summed E-state index contributed by atoms with van der Waals surface area (Å²) in [5.41, 5.74) is -0.180. The Bertz CT molecular complexity index is 853. The van der Waals surface area contributed by atoms with Gasteiger partial charge >= 0.3 is 6.18 Å². The van der Waals surface area contributed by atoms with Gasteiger partial charge in [0.05, 0.1) is 6.20 Å². The zero-order valence-electron chi connectivity index (χ0n) is 12.5. The number of anilines is 1. The third-order valence-corrected chi connectivity index (χ3v) is 4.21. The lowest BCUT2D eigenvalue weighted by atomic mass is 9.97. The third-order valence-electron chi connectivity index (χ3n) is 4.21. The zero-order chi connectivity index (χ0) is 16.7. The Morgan fingerprint density at radius 2 is 2.12 bits per heavy atom. The summed E-state index contributed by atoms with van der Waals surface area (Å²) in [7, 11) is 0. The summed E-state index contributed by atoms with van der Waals surface area (Å²) in [5.74, 6) is 0.933. The lowest BCUT2D eigenvalue weighted by molar-refractivity contribution is -0.141. The first-order valence-corrected chi connectivity index (χ1v) is 7.54. The van der Waals surface area contributed by atoms with E-state index in [9.17, 15) is 13.2 Å². The van der Waals surface area contributed by atoms with Crippen molar-refractivity contribution in [3.8, 4) is 0 Å². The van der Waals surface area contributed by atoms with Crippen molar-refractivity contribution in [2.75, 3.05) is 18.0 Å². The maximum atomic E-state index is 12.7. The summed E-state index contributed by atoms with van der Waals surface area (Å²) in [6, 6.07) is 0. The molecule has 0 aromatic carbocycles. The van der Waals surface area contributed by atoms with E-state index in [4.69, 9.17) is 0 Å². The SMILES string of the molecule is FC(F)(F)c1cnc(C2CCCN(c3nccn4cnnc34)C2)[nH]1. The van der Waals surface area contributed by atoms with Crippen LogP contribution in [0.3, 0.4) is 0 Å². The second-order valence-corrected chi connectivity index (χ2v) is 5.78. The highest BCUT2D eigenvalue weighted by Crippen LogP contribution is 2.32. The number of aromatic amines is 1. The molecule has 0 spiro atoms. The topological polar surface area (TPSA) is 75.0 Å². The van der Waals surface area contributed by atoms with Crippen molar-refractivity contribution in [3.63, 3.8) is 0 Å². The number of alkyl halides is 3. The average Bonchev–Trinajstić information content (AvgIpc) is 3.23. The van der Waals surface area contributed by atoms with Gasteiger partial charge in [0.25, 0.3) is 0 Å². The van der Waals surface area contributed by atoms with Crippen LogP contribution < -0.4 is 4.90 Å². The van der Waals surface area contributed by atoms with Crippen molar-refractivity contribution in [1.29, 1.82) is 0 Å². The lowest BCUT2D eigenvalue weighted by Crippen LogP contribution is -2.35. The second-order valence-electron chi connectivity index (χ2n) is 5.78. The number of hydrogen-bond donors (Lipinski definition) is 1. The minimum atomic E-state index is -4.41. The van der Waals surface area contributed by atoms with Gasteiger partial charge in [-0.1, -0.05) is 0 Å². The first-order valence-electron chi connectivity index (χ1n) is 7.54. The van der Waals surface area contributed by atoms with Crippen molar-refractivity contribution in [2.45, 2.75) is 24.9 Å². The minimum absolute atomic E-state index is 0.111. The van der Waals surface area contributed by atoms with E-state index in [0.717, 1.165) is 25.6 Å².